The number of carbonyl (C=O) groups excluding carboxylic acids is 2. The molecule has 1 atom stereocenters. The van der Waals surface area contributed by atoms with Gasteiger partial charge in [0.05, 0.1) is 10.2 Å². The van der Waals surface area contributed by atoms with Gasteiger partial charge in [-0.05, 0) is 41.8 Å². The second-order valence-electron chi connectivity index (χ2n) is 6.73. The van der Waals surface area contributed by atoms with Gasteiger partial charge in [0.15, 0.2) is 5.01 Å². The number of ketones is 1. The molecule has 1 saturated heterocycles. The van der Waals surface area contributed by atoms with Crippen molar-refractivity contribution in [1.82, 2.24) is 20.5 Å². The standard InChI is InChI=1S/C20H14FN5O3S/c21-12-4-1-10(2-5-12)11-3-6-13-15(9-11)30-19(23-13)16(27)18-25-26-20(29-18)24-14-7-8-22-17(14)28/h1-6,9,14H,7-8H2,(H,22,28)(H,24,26)/t14-/m0/s1. The van der Waals surface area contributed by atoms with Crippen molar-refractivity contribution in [1.29, 1.82) is 0 Å². The minimum Gasteiger partial charge on any atom is -0.400 e. The number of nitrogens with one attached hydrogen (secondary N) is 2. The maximum absolute atomic E-state index is 13.2. The predicted molar refractivity (Wildman–Crippen MR) is 108 cm³/mol. The van der Waals surface area contributed by atoms with E-state index in [1.807, 2.05) is 12.1 Å². The van der Waals surface area contributed by atoms with Gasteiger partial charge in [0.25, 0.3) is 11.7 Å². The van der Waals surface area contributed by atoms with Gasteiger partial charge in [-0.25, -0.2) is 9.37 Å². The van der Waals surface area contributed by atoms with Gasteiger partial charge in [-0.3, -0.25) is 9.59 Å². The molecule has 1 aliphatic heterocycles. The van der Waals surface area contributed by atoms with Gasteiger partial charge in [-0.1, -0.05) is 23.3 Å². The maximum Gasteiger partial charge on any atom is 0.316 e. The summed E-state index contributed by atoms with van der Waals surface area (Å²) in [6.07, 6.45) is 0.596. The highest BCUT2D eigenvalue weighted by molar-refractivity contribution is 7.20. The summed E-state index contributed by atoms with van der Waals surface area (Å²) in [5.41, 5.74) is 2.42. The summed E-state index contributed by atoms with van der Waals surface area (Å²) >= 11 is 1.21. The lowest BCUT2D eigenvalue weighted by atomic mass is 10.1. The minimum absolute atomic E-state index is 0.0140. The number of benzene rings is 2. The Balaban J connectivity index is 1.38. The van der Waals surface area contributed by atoms with Gasteiger partial charge in [0.1, 0.15) is 11.9 Å². The molecule has 150 valence electrons. The Hall–Kier alpha value is -3.66. The number of amides is 1. The van der Waals surface area contributed by atoms with Crippen LogP contribution in [0.3, 0.4) is 0 Å². The van der Waals surface area contributed by atoms with Crippen LogP contribution >= 0.6 is 11.3 Å². The molecule has 1 aliphatic rings. The molecule has 0 saturated carbocycles. The molecule has 8 nitrogen and oxygen atoms in total. The molecule has 5 rings (SSSR count). The third-order valence-electron chi connectivity index (χ3n) is 4.73. The fourth-order valence-corrected chi connectivity index (χ4v) is 4.13. The van der Waals surface area contributed by atoms with E-state index >= 15 is 0 Å². The van der Waals surface area contributed by atoms with E-state index in [1.54, 1.807) is 18.2 Å². The van der Waals surface area contributed by atoms with E-state index < -0.39 is 11.8 Å². The Kier molecular flexibility index (Phi) is 4.47. The van der Waals surface area contributed by atoms with Gasteiger partial charge in [0.2, 0.25) is 5.91 Å². The fourth-order valence-electron chi connectivity index (χ4n) is 3.19. The van der Waals surface area contributed by atoms with Gasteiger partial charge >= 0.3 is 6.01 Å². The number of thiazole rings is 1. The molecule has 2 N–H and O–H groups in total. The number of hydrogen-bond acceptors (Lipinski definition) is 8. The molecule has 30 heavy (non-hydrogen) atoms. The van der Waals surface area contributed by atoms with Crippen molar-refractivity contribution in [3.8, 4) is 11.1 Å². The average molecular weight is 423 g/mol. The fraction of sp³-hybridized carbons (Fsp3) is 0.150. The third-order valence-corrected chi connectivity index (χ3v) is 5.74. The number of aromatic nitrogens is 3. The summed E-state index contributed by atoms with van der Waals surface area (Å²) in [7, 11) is 0. The molecule has 0 aliphatic carbocycles. The molecule has 0 radical (unpaired) electrons. The summed E-state index contributed by atoms with van der Waals surface area (Å²) in [4.78, 5) is 28.7. The van der Waals surface area contributed by atoms with Crippen LogP contribution in [0.2, 0.25) is 0 Å². The van der Waals surface area contributed by atoms with Crippen LogP contribution in [0.4, 0.5) is 10.4 Å². The quantitative estimate of drug-likeness (QED) is 0.475. The molecule has 0 unspecified atom stereocenters. The van der Waals surface area contributed by atoms with Crippen molar-refractivity contribution in [2.75, 3.05) is 11.9 Å². The summed E-state index contributed by atoms with van der Waals surface area (Å²) in [5, 5.41) is 13.3. The molecular weight excluding hydrogens is 409 g/mol. The van der Waals surface area contributed by atoms with E-state index in [-0.39, 0.29) is 28.6 Å². The number of hydrogen-bond donors (Lipinski definition) is 2. The molecule has 1 fully saturated rings. The molecule has 10 heteroatoms. The molecule has 2 aromatic carbocycles. The van der Waals surface area contributed by atoms with E-state index in [0.717, 1.165) is 15.8 Å². The van der Waals surface area contributed by atoms with Gasteiger partial charge < -0.3 is 15.1 Å². The Morgan fingerprint density at radius 3 is 2.73 bits per heavy atom. The SMILES string of the molecule is O=C(c1nnc(N[C@H]2CCNC2=O)o1)c1nc2ccc(-c3ccc(F)cc3)cc2s1. The summed E-state index contributed by atoms with van der Waals surface area (Å²) in [6, 6.07) is 11.3. The predicted octanol–water partition coefficient (Wildman–Crippen LogP) is 3.02. The second kappa shape index (κ2) is 7.30. The summed E-state index contributed by atoms with van der Waals surface area (Å²) < 4.78 is 19.3. The Labute approximate surface area is 173 Å². The third kappa shape index (κ3) is 3.41. The molecule has 1 amide bonds. The van der Waals surface area contributed by atoms with Crippen LogP contribution in [0, 0.1) is 5.82 Å². The molecule has 2 aromatic heterocycles. The van der Waals surface area contributed by atoms with E-state index in [9.17, 15) is 14.0 Å². The van der Waals surface area contributed by atoms with Crippen LogP contribution in [-0.2, 0) is 4.79 Å². The number of anilines is 1. The molecule has 3 heterocycles. The lowest BCUT2D eigenvalue weighted by Crippen LogP contribution is -2.29. The van der Waals surface area contributed by atoms with Crippen LogP contribution in [0.1, 0.15) is 22.1 Å². The van der Waals surface area contributed by atoms with Crippen molar-refractivity contribution in [2.24, 2.45) is 0 Å². The Bertz CT molecular complexity index is 1270. The first-order chi connectivity index (χ1) is 14.6. The van der Waals surface area contributed by atoms with Crippen LogP contribution < -0.4 is 10.6 Å². The zero-order valence-corrected chi connectivity index (χ0v) is 16.2. The Morgan fingerprint density at radius 2 is 1.97 bits per heavy atom. The number of halogens is 1. The van der Waals surface area contributed by atoms with Gasteiger partial charge in [0, 0.05) is 6.54 Å². The van der Waals surface area contributed by atoms with Crippen molar-refractivity contribution in [2.45, 2.75) is 12.5 Å². The van der Waals surface area contributed by atoms with Crippen LogP contribution in [0.5, 0.6) is 0 Å². The second-order valence-corrected chi connectivity index (χ2v) is 7.76. The largest absolute Gasteiger partial charge is 0.400 e. The average Bonchev–Trinajstić information content (AvgIpc) is 3.48. The number of fused-ring (bicyclic) bond motifs is 1. The number of nitrogens with zero attached hydrogens (tertiary/aromatic N) is 3. The zero-order valence-electron chi connectivity index (χ0n) is 15.4. The highest BCUT2D eigenvalue weighted by Crippen LogP contribution is 2.29. The van der Waals surface area contributed by atoms with Crippen LogP contribution in [0.15, 0.2) is 46.9 Å². The van der Waals surface area contributed by atoms with E-state index in [0.29, 0.717) is 18.5 Å². The highest BCUT2D eigenvalue weighted by Gasteiger charge is 2.27. The molecule has 0 spiro atoms. The first-order valence-electron chi connectivity index (χ1n) is 9.16. The van der Waals surface area contributed by atoms with Crippen molar-refractivity contribution in [3.63, 3.8) is 0 Å². The van der Waals surface area contributed by atoms with Gasteiger partial charge in [-0.15, -0.1) is 16.4 Å². The lowest BCUT2D eigenvalue weighted by molar-refractivity contribution is -0.119. The Morgan fingerprint density at radius 1 is 1.17 bits per heavy atom. The van der Waals surface area contributed by atoms with Crippen LogP contribution in [-0.4, -0.2) is 39.5 Å². The van der Waals surface area contributed by atoms with E-state index in [1.165, 1.54) is 23.5 Å². The number of rotatable bonds is 5. The molecule has 0 bridgehead atoms. The monoisotopic (exact) mass is 423 g/mol. The van der Waals surface area contributed by atoms with Crippen LogP contribution in [0.25, 0.3) is 21.3 Å². The van der Waals surface area contributed by atoms with Crippen molar-refractivity contribution < 1.29 is 18.4 Å². The van der Waals surface area contributed by atoms with E-state index in [4.69, 9.17) is 4.42 Å². The normalized spacial score (nSPS) is 16.0. The topological polar surface area (TPSA) is 110 Å². The number of carbonyl (C=O) groups is 2. The van der Waals surface area contributed by atoms with Crippen molar-refractivity contribution >= 4 is 39.3 Å². The zero-order chi connectivity index (χ0) is 20.7. The smallest absolute Gasteiger partial charge is 0.316 e. The highest BCUT2D eigenvalue weighted by atomic mass is 32.1. The maximum atomic E-state index is 13.2. The summed E-state index contributed by atoms with van der Waals surface area (Å²) in [5.74, 6) is -1.14. The molecular formula is C20H14FN5O3S. The van der Waals surface area contributed by atoms with E-state index in [2.05, 4.69) is 25.8 Å². The lowest BCUT2D eigenvalue weighted by Gasteiger charge is -2.05. The molecule has 4 aromatic rings. The first kappa shape index (κ1) is 18.4. The van der Waals surface area contributed by atoms with Gasteiger partial charge in [-0.2, -0.15) is 0 Å². The first-order valence-corrected chi connectivity index (χ1v) is 9.97. The minimum atomic E-state index is -0.490. The summed E-state index contributed by atoms with van der Waals surface area (Å²) in [6.45, 7) is 0.571. The van der Waals surface area contributed by atoms with Crippen molar-refractivity contribution in [3.05, 3.63) is 59.2 Å².